The first kappa shape index (κ1) is 15.5. The third-order valence-electron chi connectivity index (χ3n) is 4.81. The molecule has 0 amide bonds. The minimum atomic E-state index is -0.485. The van der Waals surface area contributed by atoms with Gasteiger partial charge in [0.05, 0.1) is 5.92 Å². The molecule has 1 aliphatic rings. The molecular formula is C15H28O3. The van der Waals surface area contributed by atoms with Gasteiger partial charge in [-0.3, -0.25) is 4.79 Å². The summed E-state index contributed by atoms with van der Waals surface area (Å²) in [6.45, 7) is 8.36. The van der Waals surface area contributed by atoms with Crippen LogP contribution < -0.4 is 0 Å². The van der Waals surface area contributed by atoms with Crippen molar-refractivity contribution >= 4 is 5.97 Å². The molecule has 2 unspecified atom stereocenters. The first-order valence-corrected chi connectivity index (χ1v) is 7.29. The molecule has 0 aromatic heterocycles. The van der Waals surface area contributed by atoms with Crippen LogP contribution in [0.2, 0.25) is 0 Å². The van der Waals surface area contributed by atoms with Gasteiger partial charge in [0.1, 0.15) is 11.2 Å². The number of hydrogen-bond acceptors (Lipinski definition) is 3. The molecule has 0 aromatic rings. The quantitative estimate of drug-likeness (QED) is 0.514. The lowest BCUT2D eigenvalue weighted by molar-refractivity contribution is -0.162. The molecule has 0 spiro atoms. The van der Waals surface area contributed by atoms with Crippen molar-refractivity contribution in [2.24, 2.45) is 5.92 Å². The Bertz CT molecular complexity index is 283. The highest BCUT2D eigenvalue weighted by Crippen LogP contribution is 2.49. The lowest BCUT2D eigenvalue weighted by Gasteiger charge is -2.41. The zero-order valence-corrected chi connectivity index (χ0v) is 12.5. The maximum atomic E-state index is 12.2. The molecule has 0 radical (unpaired) electrons. The number of rotatable bonds is 7. The highest BCUT2D eigenvalue weighted by atomic mass is 16.6. The molecule has 18 heavy (non-hydrogen) atoms. The van der Waals surface area contributed by atoms with Crippen LogP contribution in [0.25, 0.3) is 0 Å². The molecule has 0 aliphatic carbocycles. The third-order valence-corrected chi connectivity index (χ3v) is 4.81. The highest BCUT2D eigenvalue weighted by Gasteiger charge is 2.62. The van der Waals surface area contributed by atoms with Gasteiger partial charge in [-0.1, -0.05) is 40.0 Å². The second-order valence-corrected chi connectivity index (χ2v) is 5.48. The Balaban J connectivity index is 2.93. The number of cyclic esters (lactones) is 1. The Labute approximate surface area is 111 Å². The van der Waals surface area contributed by atoms with Gasteiger partial charge < -0.3 is 9.47 Å². The van der Waals surface area contributed by atoms with Gasteiger partial charge in [0.15, 0.2) is 0 Å². The van der Waals surface area contributed by atoms with Gasteiger partial charge in [-0.25, -0.2) is 0 Å². The predicted molar refractivity (Wildman–Crippen MR) is 72.5 cm³/mol. The van der Waals surface area contributed by atoms with Gasteiger partial charge in [-0.05, 0) is 26.2 Å². The lowest BCUT2D eigenvalue weighted by atomic mass is 9.73. The maximum absolute atomic E-state index is 12.2. The Kier molecular flexibility index (Phi) is 5.20. The van der Waals surface area contributed by atoms with Crippen molar-refractivity contribution < 1.29 is 14.3 Å². The average molecular weight is 256 g/mol. The Morgan fingerprint density at radius 3 is 2.28 bits per heavy atom. The summed E-state index contributed by atoms with van der Waals surface area (Å²) >= 11 is 0. The molecular weight excluding hydrogens is 228 g/mol. The second-order valence-electron chi connectivity index (χ2n) is 5.48. The number of carbonyl (C=O) groups is 1. The van der Waals surface area contributed by atoms with Crippen LogP contribution >= 0.6 is 0 Å². The Morgan fingerprint density at radius 1 is 1.22 bits per heavy atom. The maximum Gasteiger partial charge on any atom is 0.312 e. The van der Waals surface area contributed by atoms with Crippen LogP contribution in [-0.2, 0) is 14.3 Å². The van der Waals surface area contributed by atoms with Crippen molar-refractivity contribution in [3.05, 3.63) is 0 Å². The van der Waals surface area contributed by atoms with Crippen LogP contribution in [0.3, 0.4) is 0 Å². The molecule has 1 rings (SSSR count). The van der Waals surface area contributed by atoms with Crippen LogP contribution in [0.4, 0.5) is 0 Å². The van der Waals surface area contributed by atoms with E-state index in [1.54, 1.807) is 7.11 Å². The largest absolute Gasteiger partial charge is 0.456 e. The van der Waals surface area contributed by atoms with E-state index in [4.69, 9.17) is 9.47 Å². The lowest BCUT2D eigenvalue weighted by Crippen LogP contribution is -2.52. The van der Waals surface area contributed by atoms with E-state index >= 15 is 0 Å². The van der Waals surface area contributed by atoms with Gasteiger partial charge in [-0.2, -0.15) is 0 Å². The van der Waals surface area contributed by atoms with Crippen LogP contribution in [0, 0.1) is 5.92 Å². The van der Waals surface area contributed by atoms with E-state index in [0.717, 1.165) is 38.5 Å². The molecule has 3 nitrogen and oxygen atoms in total. The van der Waals surface area contributed by atoms with Crippen molar-refractivity contribution in [3.8, 4) is 0 Å². The molecule has 1 fully saturated rings. The zero-order chi connectivity index (χ0) is 13.8. The number of hydrogen-bond donors (Lipinski definition) is 0. The van der Waals surface area contributed by atoms with E-state index in [1.807, 2.05) is 6.92 Å². The molecule has 106 valence electrons. The normalized spacial score (nSPS) is 30.5. The van der Waals surface area contributed by atoms with Gasteiger partial charge in [0.25, 0.3) is 0 Å². The van der Waals surface area contributed by atoms with Crippen LogP contribution in [0.15, 0.2) is 0 Å². The van der Waals surface area contributed by atoms with Crippen molar-refractivity contribution in [3.63, 3.8) is 0 Å². The zero-order valence-electron chi connectivity index (χ0n) is 12.5. The Morgan fingerprint density at radius 2 is 1.83 bits per heavy atom. The van der Waals surface area contributed by atoms with E-state index in [9.17, 15) is 4.79 Å². The fourth-order valence-corrected chi connectivity index (χ4v) is 3.32. The van der Waals surface area contributed by atoms with Gasteiger partial charge in [0, 0.05) is 7.11 Å². The smallest absolute Gasteiger partial charge is 0.312 e. The molecule has 3 heteroatoms. The SMILES string of the molecule is CCCCCC1C(=O)OC(CC)(CC)C1(C)OC. The minimum Gasteiger partial charge on any atom is -0.456 e. The number of methoxy groups -OCH3 is 1. The number of unbranched alkanes of at least 4 members (excludes halogenated alkanes) is 2. The number of ether oxygens (including phenoxy) is 2. The van der Waals surface area contributed by atoms with E-state index < -0.39 is 11.2 Å². The predicted octanol–water partition coefficient (Wildman–Crippen LogP) is 3.70. The van der Waals surface area contributed by atoms with Crippen molar-refractivity contribution in [2.75, 3.05) is 7.11 Å². The van der Waals surface area contributed by atoms with E-state index in [1.165, 1.54) is 0 Å². The molecule has 1 heterocycles. The molecule has 0 N–H and O–H groups in total. The second kappa shape index (κ2) is 6.05. The van der Waals surface area contributed by atoms with Gasteiger partial charge in [-0.15, -0.1) is 0 Å². The topological polar surface area (TPSA) is 35.5 Å². The van der Waals surface area contributed by atoms with Crippen LogP contribution in [0.1, 0.15) is 66.2 Å². The van der Waals surface area contributed by atoms with Crippen molar-refractivity contribution in [1.82, 2.24) is 0 Å². The molecule has 0 bridgehead atoms. The molecule has 0 saturated carbocycles. The monoisotopic (exact) mass is 256 g/mol. The minimum absolute atomic E-state index is 0.0702. The van der Waals surface area contributed by atoms with Crippen molar-refractivity contribution in [1.29, 1.82) is 0 Å². The number of esters is 1. The first-order chi connectivity index (χ1) is 8.51. The summed E-state index contributed by atoms with van der Waals surface area (Å²) in [6.07, 6.45) is 5.89. The fourth-order valence-electron chi connectivity index (χ4n) is 3.32. The Hall–Kier alpha value is -0.570. The summed E-state index contributed by atoms with van der Waals surface area (Å²) in [5.41, 5.74) is -0.933. The standard InChI is InChI=1S/C15H28O3/c1-6-9-10-11-12-13(16)18-15(7-2,8-3)14(12,4)17-5/h12H,6-11H2,1-5H3. The van der Waals surface area contributed by atoms with E-state index in [0.29, 0.717) is 0 Å². The summed E-state index contributed by atoms with van der Waals surface area (Å²) in [5.74, 6) is -0.187. The van der Waals surface area contributed by atoms with Crippen LogP contribution in [-0.4, -0.2) is 24.3 Å². The van der Waals surface area contributed by atoms with E-state index in [2.05, 4.69) is 20.8 Å². The summed E-state index contributed by atoms with van der Waals surface area (Å²) < 4.78 is 11.5. The first-order valence-electron chi connectivity index (χ1n) is 7.29. The number of carbonyl (C=O) groups excluding carboxylic acids is 1. The highest BCUT2D eigenvalue weighted by molar-refractivity contribution is 5.77. The summed E-state index contributed by atoms with van der Waals surface area (Å²) in [7, 11) is 1.70. The molecule has 1 aliphatic heterocycles. The summed E-state index contributed by atoms with van der Waals surface area (Å²) in [4.78, 5) is 12.2. The van der Waals surface area contributed by atoms with Gasteiger partial charge in [0.2, 0.25) is 0 Å². The third kappa shape index (κ3) is 2.29. The molecule has 0 aromatic carbocycles. The molecule has 1 saturated heterocycles. The summed E-state index contributed by atoms with van der Waals surface area (Å²) in [5, 5.41) is 0. The van der Waals surface area contributed by atoms with Crippen LogP contribution in [0.5, 0.6) is 0 Å². The van der Waals surface area contributed by atoms with Gasteiger partial charge >= 0.3 is 5.97 Å². The fraction of sp³-hybridized carbons (Fsp3) is 0.933. The molecule has 2 atom stereocenters. The van der Waals surface area contributed by atoms with Crippen molar-refractivity contribution in [2.45, 2.75) is 77.4 Å². The summed E-state index contributed by atoms with van der Waals surface area (Å²) in [6, 6.07) is 0. The average Bonchev–Trinajstić information content (AvgIpc) is 2.60. The van der Waals surface area contributed by atoms with E-state index in [-0.39, 0.29) is 11.9 Å².